The van der Waals surface area contributed by atoms with Crippen LogP contribution in [-0.2, 0) is 13.8 Å². The van der Waals surface area contributed by atoms with Crippen molar-refractivity contribution in [3.8, 4) is 0 Å². The summed E-state index contributed by atoms with van der Waals surface area (Å²) in [4.78, 5) is 16.9. The van der Waals surface area contributed by atoms with E-state index in [0.717, 1.165) is 0 Å². The van der Waals surface area contributed by atoms with E-state index in [1.807, 2.05) is 0 Å². The summed E-state index contributed by atoms with van der Waals surface area (Å²) in [6.45, 7) is -0.0125. The molecular weight excluding hydrogens is 287 g/mol. The zero-order chi connectivity index (χ0) is 12.6. The molecule has 0 spiro atoms. The highest BCUT2D eigenvalue weighted by Gasteiger charge is 2.39. The van der Waals surface area contributed by atoms with Gasteiger partial charge in [-0.15, -0.1) is 0 Å². The predicted molar refractivity (Wildman–Crippen MR) is 64.8 cm³/mol. The van der Waals surface area contributed by atoms with Gasteiger partial charge in [0.05, 0.1) is 5.02 Å². The minimum atomic E-state index is -3.75. The van der Waals surface area contributed by atoms with Crippen molar-refractivity contribution >= 4 is 43.1 Å². The van der Waals surface area contributed by atoms with Gasteiger partial charge in [0.25, 0.3) is 0 Å². The average Bonchev–Trinajstić information content (AvgIpc) is 2.61. The van der Waals surface area contributed by atoms with Crippen molar-refractivity contribution < 1.29 is 13.2 Å². The van der Waals surface area contributed by atoms with Crippen LogP contribution < -0.4 is 4.90 Å². The van der Waals surface area contributed by atoms with Gasteiger partial charge in [0.2, 0.25) is 15.0 Å². The van der Waals surface area contributed by atoms with Crippen molar-refractivity contribution in [2.45, 2.75) is 11.7 Å². The van der Waals surface area contributed by atoms with E-state index in [0.29, 0.717) is 5.02 Å². The lowest BCUT2D eigenvalue weighted by Gasteiger charge is -2.15. The third-order valence-electron chi connectivity index (χ3n) is 2.48. The molecule has 2 heterocycles. The molecule has 92 valence electrons. The Kier molecular flexibility index (Phi) is 3.29. The Labute approximate surface area is 108 Å². The molecule has 0 aromatic carbocycles. The van der Waals surface area contributed by atoms with Crippen LogP contribution in [-0.4, -0.2) is 31.1 Å². The van der Waals surface area contributed by atoms with Gasteiger partial charge in [-0.05, 0) is 12.1 Å². The first-order chi connectivity index (χ1) is 7.89. The van der Waals surface area contributed by atoms with Gasteiger partial charge < -0.3 is 0 Å². The van der Waals surface area contributed by atoms with E-state index in [-0.39, 0.29) is 24.7 Å². The maximum absolute atomic E-state index is 11.7. The first kappa shape index (κ1) is 12.6. The standard InChI is InChI=1S/C9H8Cl2N2O3S/c10-7-2-1-3-12-9(7)13-5-6(4-8(13)14)17(11,15)16/h1-3,6H,4-5H2. The Morgan fingerprint density at radius 2 is 2.18 bits per heavy atom. The number of nitrogens with zero attached hydrogens (tertiary/aromatic N) is 2. The Bertz CT molecular complexity index is 561. The molecule has 1 aromatic rings. The fraction of sp³-hybridized carbons (Fsp3) is 0.333. The van der Waals surface area contributed by atoms with E-state index in [4.69, 9.17) is 22.3 Å². The molecule has 5 nitrogen and oxygen atoms in total. The van der Waals surface area contributed by atoms with Crippen LogP contribution in [0.5, 0.6) is 0 Å². The van der Waals surface area contributed by atoms with Crippen LogP contribution in [0.4, 0.5) is 5.82 Å². The lowest BCUT2D eigenvalue weighted by molar-refractivity contribution is -0.117. The molecule has 1 amide bonds. The molecule has 1 aromatic heterocycles. The minimum Gasteiger partial charge on any atom is -0.294 e. The number of aromatic nitrogens is 1. The zero-order valence-corrected chi connectivity index (χ0v) is 10.8. The first-order valence-corrected chi connectivity index (χ1v) is 7.49. The van der Waals surface area contributed by atoms with Crippen LogP contribution in [0.25, 0.3) is 0 Å². The summed E-state index contributed by atoms with van der Waals surface area (Å²) in [5, 5.41) is -0.608. The molecular formula is C9H8Cl2N2O3S. The molecule has 0 bridgehead atoms. The van der Waals surface area contributed by atoms with E-state index in [2.05, 4.69) is 4.98 Å². The highest BCUT2D eigenvalue weighted by atomic mass is 35.7. The van der Waals surface area contributed by atoms with Gasteiger partial charge in [-0.25, -0.2) is 13.4 Å². The largest absolute Gasteiger partial charge is 0.294 e. The molecule has 1 aliphatic heterocycles. The maximum atomic E-state index is 11.7. The smallest absolute Gasteiger partial charge is 0.237 e. The fourth-order valence-electron chi connectivity index (χ4n) is 1.64. The predicted octanol–water partition coefficient (Wildman–Crippen LogP) is 1.41. The van der Waals surface area contributed by atoms with Crippen LogP contribution in [0.2, 0.25) is 5.02 Å². The van der Waals surface area contributed by atoms with Crippen LogP contribution in [0.1, 0.15) is 6.42 Å². The van der Waals surface area contributed by atoms with Crippen molar-refractivity contribution in [2.75, 3.05) is 11.4 Å². The second-order valence-electron chi connectivity index (χ2n) is 3.61. The monoisotopic (exact) mass is 294 g/mol. The number of hydrogen-bond acceptors (Lipinski definition) is 4. The van der Waals surface area contributed by atoms with Gasteiger partial charge >= 0.3 is 0 Å². The van der Waals surface area contributed by atoms with Gasteiger partial charge in [-0.1, -0.05) is 11.6 Å². The molecule has 0 aliphatic carbocycles. The van der Waals surface area contributed by atoms with Crippen molar-refractivity contribution in [2.24, 2.45) is 0 Å². The summed E-state index contributed by atoms with van der Waals surface area (Å²) >= 11 is 5.89. The molecule has 1 saturated heterocycles. The number of rotatable bonds is 2. The van der Waals surface area contributed by atoms with Gasteiger partial charge in [0, 0.05) is 29.8 Å². The lowest BCUT2D eigenvalue weighted by atomic mass is 10.4. The zero-order valence-electron chi connectivity index (χ0n) is 8.51. The molecule has 8 heteroatoms. The van der Waals surface area contributed by atoms with E-state index in [1.54, 1.807) is 12.1 Å². The number of hydrogen-bond donors (Lipinski definition) is 0. The molecule has 0 radical (unpaired) electrons. The summed E-state index contributed by atoms with van der Waals surface area (Å²) in [6.07, 6.45) is 1.34. The third kappa shape index (κ3) is 2.53. The van der Waals surface area contributed by atoms with Crippen LogP contribution in [0, 0.1) is 0 Å². The number of carbonyl (C=O) groups excluding carboxylic acids is 1. The highest BCUT2D eigenvalue weighted by Crippen LogP contribution is 2.29. The summed E-state index contributed by atoms with van der Waals surface area (Å²) in [5.74, 6) is -0.0817. The molecule has 0 N–H and O–H groups in total. The molecule has 1 atom stereocenters. The quantitative estimate of drug-likeness (QED) is 0.774. The normalized spacial score (nSPS) is 20.9. The van der Waals surface area contributed by atoms with Crippen molar-refractivity contribution in [1.82, 2.24) is 4.98 Å². The number of halogens is 2. The van der Waals surface area contributed by atoms with Gasteiger partial charge in [-0.2, -0.15) is 0 Å². The van der Waals surface area contributed by atoms with E-state index < -0.39 is 14.3 Å². The minimum absolute atomic E-state index is 0.0125. The summed E-state index contributed by atoms with van der Waals surface area (Å²) in [5.41, 5.74) is 0. The van der Waals surface area contributed by atoms with E-state index >= 15 is 0 Å². The topological polar surface area (TPSA) is 67.3 Å². The van der Waals surface area contributed by atoms with E-state index in [9.17, 15) is 13.2 Å². The van der Waals surface area contributed by atoms with Crippen LogP contribution in [0.3, 0.4) is 0 Å². The Balaban J connectivity index is 2.31. The number of amides is 1. The van der Waals surface area contributed by atoms with E-state index in [1.165, 1.54) is 11.1 Å². The maximum Gasteiger partial charge on any atom is 0.237 e. The molecule has 1 fully saturated rings. The number of anilines is 1. The van der Waals surface area contributed by atoms with Crippen LogP contribution >= 0.6 is 22.3 Å². The molecule has 1 aliphatic rings. The third-order valence-corrected chi connectivity index (χ3v) is 4.65. The fourth-order valence-corrected chi connectivity index (χ4v) is 2.89. The van der Waals surface area contributed by atoms with Crippen molar-refractivity contribution in [1.29, 1.82) is 0 Å². The Morgan fingerprint density at radius 1 is 1.47 bits per heavy atom. The average molecular weight is 295 g/mol. The molecule has 0 saturated carbocycles. The highest BCUT2D eigenvalue weighted by molar-refractivity contribution is 8.14. The second kappa shape index (κ2) is 4.44. The number of pyridine rings is 1. The van der Waals surface area contributed by atoms with Crippen molar-refractivity contribution in [3.05, 3.63) is 23.4 Å². The molecule has 17 heavy (non-hydrogen) atoms. The van der Waals surface area contributed by atoms with Crippen molar-refractivity contribution in [3.63, 3.8) is 0 Å². The second-order valence-corrected chi connectivity index (χ2v) is 6.93. The van der Waals surface area contributed by atoms with Crippen LogP contribution in [0.15, 0.2) is 18.3 Å². The lowest BCUT2D eigenvalue weighted by Crippen LogP contribution is -2.27. The number of carbonyl (C=O) groups is 1. The first-order valence-electron chi connectivity index (χ1n) is 4.74. The Morgan fingerprint density at radius 3 is 2.71 bits per heavy atom. The molecule has 2 rings (SSSR count). The summed E-state index contributed by atoms with van der Waals surface area (Å²) < 4.78 is 22.3. The Hall–Kier alpha value is -0.850. The van der Waals surface area contributed by atoms with Gasteiger partial charge in [0.1, 0.15) is 5.25 Å². The summed E-state index contributed by atoms with van der Waals surface area (Å²) in [7, 11) is 1.49. The SMILES string of the molecule is O=C1CC(S(=O)(=O)Cl)CN1c1ncccc1Cl. The molecule has 1 unspecified atom stereocenters. The van der Waals surface area contributed by atoms with Gasteiger partial charge in [0.15, 0.2) is 5.82 Å². The van der Waals surface area contributed by atoms with Gasteiger partial charge in [-0.3, -0.25) is 9.69 Å². The summed E-state index contributed by atoms with van der Waals surface area (Å²) in [6, 6.07) is 3.21.